The van der Waals surface area contributed by atoms with Crippen LogP contribution >= 0.6 is 0 Å². The summed E-state index contributed by atoms with van der Waals surface area (Å²) in [5.74, 6) is -0.417. The molecule has 20 heavy (non-hydrogen) atoms. The molecule has 0 spiro atoms. The lowest BCUT2D eigenvalue weighted by atomic mass is 10.2. The van der Waals surface area contributed by atoms with Crippen molar-refractivity contribution >= 4 is 11.9 Å². The number of unbranched alkanes of at least 4 members (excludes halogenated alkanes) is 4. The molecule has 0 aliphatic heterocycles. The van der Waals surface area contributed by atoms with Gasteiger partial charge in [-0.25, -0.2) is 0 Å². The highest BCUT2D eigenvalue weighted by Crippen LogP contribution is 2.09. The molecule has 0 saturated carbocycles. The molecule has 0 saturated heterocycles. The van der Waals surface area contributed by atoms with Crippen LogP contribution in [0.1, 0.15) is 79.1 Å². The average molecular weight is 286 g/mol. The Bertz CT molecular complexity index is 248. The highest BCUT2D eigenvalue weighted by Gasteiger charge is 2.20. The minimum atomic E-state index is -0.390. The van der Waals surface area contributed by atoms with Crippen molar-refractivity contribution in [3.63, 3.8) is 0 Å². The van der Waals surface area contributed by atoms with Crippen molar-refractivity contribution in [3.05, 3.63) is 0 Å². The number of hydrogen-bond donors (Lipinski definition) is 0. The predicted molar refractivity (Wildman–Crippen MR) is 79.4 cm³/mol. The first kappa shape index (κ1) is 18.9. The Balaban J connectivity index is 3.86. The van der Waals surface area contributed by atoms with Crippen molar-refractivity contribution in [1.29, 1.82) is 0 Å². The van der Waals surface area contributed by atoms with Crippen LogP contribution in [-0.4, -0.2) is 24.1 Å². The van der Waals surface area contributed by atoms with Gasteiger partial charge in [0, 0.05) is 12.8 Å². The van der Waals surface area contributed by atoms with Crippen molar-refractivity contribution < 1.29 is 19.1 Å². The second-order valence-electron chi connectivity index (χ2n) is 5.30. The molecule has 0 fully saturated rings. The lowest BCUT2D eigenvalue weighted by Crippen LogP contribution is -2.30. The molecule has 4 nitrogen and oxygen atoms in total. The third-order valence-electron chi connectivity index (χ3n) is 3.26. The van der Waals surface area contributed by atoms with Gasteiger partial charge in [-0.15, -0.1) is 0 Å². The zero-order chi connectivity index (χ0) is 15.4. The summed E-state index contributed by atoms with van der Waals surface area (Å²) in [6.45, 7) is 7.71. The third-order valence-corrected chi connectivity index (χ3v) is 3.26. The van der Waals surface area contributed by atoms with Gasteiger partial charge >= 0.3 is 11.9 Å². The van der Waals surface area contributed by atoms with Gasteiger partial charge in [0.1, 0.15) is 12.2 Å². The monoisotopic (exact) mass is 286 g/mol. The summed E-state index contributed by atoms with van der Waals surface area (Å²) in [6.07, 6.45) is 6.03. The topological polar surface area (TPSA) is 52.6 Å². The predicted octanol–water partition coefficient (Wildman–Crippen LogP) is 4.01. The Morgan fingerprint density at radius 3 is 1.40 bits per heavy atom. The fraction of sp³-hybridized carbons (Fsp3) is 0.875. The highest BCUT2D eigenvalue weighted by atomic mass is 16.6. The van der Waals surface area contributed by atoms with Crippen LogP contribution in [-0.2, 0) is 19.1 Å². The first-order valence-electron chi connectivity index (χ1n) is 7.90. The zero-order valence-electron chi connectivity index (χ0n) is 13.4. The molecule has 0 amide bonds. The molecule has 2 unspecified atom stereocenters. The fourth-order valence-electron chi connectivity index (χ4n) is 1.76. The summed E-state index contributed by atoms with van der Waals surface area (Å²) in [7, 11) is 0. The van der Waals surface area contributed by atoms with E-state index < -0.39 is 0 Å². The Hall–Kier alpha value is -1.06. The SMILES string of the molecule is CCCCCC(=O)OC(C)C(C)OC(=O)CCCCC. The van der Waals surface area contributed by atoms with Gasteiger partial charge in [-0.2, -0.15) is 0 Å². The van der Waals surface area contributed by atoms with E-state index in [2.05, 4.69) is 13.8 Å². The molecule has 0 aromatic rings. The maximum Gasteiger partial charge on any atom is 0.306 e. The first-order chi connectivity index (χ1) is 9.51. The molecule has 0 heterocycles. The van der Waals surface area contributed by atoms with E-state index in [-0.39, 0.29) is 24.1 Å². The summed E-state index contributed by atoms with van der Waals surface area (Å²) in [6, 6.07) is 0. The second-order valence-corrected chi connectivity index (χ2v) is 5.30. The molecule has 0 aliphatic rings. The molecule has 0 N–H and O–H groups in total. The molecule has 4 heteroatoms. The van der Waals surface area contributed by atoms with Crippen molar-refractivity contribution in [3.8, 4) is 0 Å². The van der Waals surface area contributed by atoms with Gasteiger partial charge in [0.15, 0.2) is 0 Å². The lowest BCUT2D eigenvalue weighted by Gasteiger charge is -2.20. The maximum atomic E-state index is 11.6. The van der Waals surface area contributed by atoms with Gasteiger partial charge in [-0.3, -0.25) is 9.59 Å². The summed E-state index contributed by atoms with van der Waals surface area (Å²) in [4.78, 5) is 23.1. The smallest absolute Gasteiger partial charge is 0.306 e. The molecule has 0 rings (SSSR count). The number of rotatable bonds is 11. The average Bonchev–Trinajstić information content (AvgIpc) is 2.39. The quantitative estimate of drug-likeness (QED) is 0.425. The summed E-state index contributed by atoms with van der Waals surface area (Å²) in [5, 5.41) is 0. The van der Waals surface area contributed by atoms with Crippen molar-refractivity contribution in [2.45, 2.75) is 91.3 Å². The zero-order valence-corrected chi connectivity index (χ0v) is 13.4. The standard InChI is InChI=1S/C16H30O4/c1-5-7-9-11-15(17)19-13(3)14(4)20-16(18)12-10-8-6-2/h13-14H,5-12H2,1-4H3. The van der Waals surface area contributed by atoms with Gasteiger partial charge in [0.25, 0.3) is 0 Å². The molecule has 0 aromatic heterocycles. The van der Waals surface area contributed by atoms with E-state index >= 15 is 0 Å². The van der Waals surface area contributed by atoms with Gasteiger partial charge < -0.3 is 9.47 Å². The maximum absolute atomic E-state index is 11.6. The van der Waals surface area contributed by atoms with E-state index in [0.29, 0.717) is 12.8 Å². The largest absolute Gasteiger partial charge is 0.459 e. The van der Waals surface area contributed by atoms with E-state index in [1.807, 2.05) is 0 Å². The van der Waals surface area contributed by atoms with Crippen LogP contribution in [0.4, 0.5) is 0 Å². The number of carbonyl (C=O) groups excluding carboxylic acids is 2. The molecule has 2 atom stereocenters. The van der Waals surface area contributed by atoms with E-state index in [1.165, 1.54) is 0 Å². The van der Waals surface area contributed by atoms with Gasteiger partial charge in [0.05, 0.1) is 0 Å². The normalized spacial score (nSPS) is 13.6. The van der Waals surface area contributed by atoms with Crippen LogP contribution in [0.5, 0.6) is 0 Å². The second kappa shape index (κ2) is 11.7. The fourth-order valence-corrected chi connectivity index (χ4v) is 1.76. The van der Waals surface area contributed by atoms with E-state index in [4.69, 9.17) is 9.47 Å². The van der Waals surface area contributed by atoms with Crippen molar-refractivity contribution in [2.75, 3.05) is 0 Å². The Labute approximate surface area is 123 Å². The first-order valence-corrected chi connectivity index (χ1v) is 7.90. The summed E-state index contributed by atoms with van der Waals surface area (Å²) < 4.78 is 10.5. The van der Waals surface area contributed by atoms with E-state index in [1.54, 1.807) is 13.8 Å². The summed E-state index contributed by atoms with van der Waals surface area (Å²) in [5.41, 5.74) is 0. The Morgan fingerprint density at radius 1 is 0.750 bits per heavy atom. The Kier molecular flexibility index (Phi) is 11.1. The third kappa shape index (κ3) is 9.82. The minimum Gasteiger partial charge on any atom is -0.459 e. The van der Waals surface area contributed by atoms with Gasteiger partial charge in [-0.1, -0.05) is 39.5 Å². The lowest BCUT2D eigenvalue weighted by molar-refractivity contribution is -0.165. The van der Waals surface area contributed by atoms with Crippen LogP contribution in [0.3, 0.4) is 0 Å². The molecular weight excluding hydrogens is 256 g/mol. The van der Waals surface area contributed by atoms with Gasteiger partial charge in [-0.05, 0) is 26.7 Å². The number of hydrogen-bond acceptors (Lipinski definition) is 4. The number of carbonyl (C=O) groups is 2. The van der Waals surface area contributed by atoms with E-state index in [0.717, 1.165) is 38.5 Å². The van der Waals surface area contributed by atoms with Gasteiger partial charge in [0.2, 0.25) is 0 Å². The van der Waals surface area contributed by atoms with Crippen LogP contribution in [0.2, 0.25) is 0 Å². The highest BCUT2D eigenvalue weighted by molar-refractivity contribution is 5.70. The molecule has 0 aromatic carbocycles. The van der Waals surface area contributed by atoms with Crippen molar-refractivity contribution in [1.82, 2.24) is 0 Å². The minimum absolute atomic E-state index is 0.208. The molecule has 118 valence electrons. The van der Waals surface area contributed by atoms with Crippen LogP contribution in [0.15, 0.2) is 0 Å². The Morgan fingerprint density at radius 2 is 1.10 bits per heavy atom. The van der Waals surface area contributed by atoms with E-state index in [9.17, 15) is 9.59 Å². The molecule has 0 bridgehead atoms. The van der Waals surface area contributed by atoms with Crippen LogP contribution < -0.4 is 0 Å². The summed E-state index contributed by atoms with van der Waals surface area (Å²) >= 11 is 0. The number of ether oxygens (including phenoxy) is 2. The van der Waals surface area contributed by atoms with Crippen molar-refractivity contribution in [2.24, 2.45) is 0 Å². The molecular formula is C16H30O4. The van der Waals surface area contributed by atoms with Crippen LogP contribution in [0.25, 0.3) is 0 Å². The molecule has 0 aliphatic carbocycles. The molecule has 0 radical (unpaired) electrons. The number of esters is 2. The van der Waals surface area contributed by atoms with Crippen LogP contribution in [0, 0.1) is 0 Å².